The molecular weight excluding hydrogens is 246 g/mol. The standard InChI is InChI=1S/C15H24ClNO/c1-6-7-17-10-15(4,5)18-14-11(2)8-13(16)9-12(14)3/h8-9,17H,6-7,10H2,1-5H3. The summed E-state index contributed by atoms with van der Waals surface area (Å²) in [7, 11) is 0. The number of aryl methyl sites for hydroxylation is 2. The van der Waals surface area contributed by atoms with Crippen molar-refractivity contribution in [1.29, 1.82) is 0 Å². The zero-order valence-corrected chi connectivity index (χ0v) is 12.8. The number of rotatable bonds is 6. The predicted octanol–water partition coefficient (Wildman–Crippen LogP) is 4.11. The summed E-state index contributed by atoms with van der Waals surface area (Å²) in [4.78, 5) is 0. The lowest BCUT2D eigenvalue weighted by atomic mass is 10.1. The molecule has 18 heavy (non-hydrogen) atoms. The first-order valence-corrected chi connectivity index (χ1v) is 6.90. The first-order chi connectivity index (χ1) is 8.35. The Kier molecular flexibility index (Phi) is 5.48. The van der Waals surface area contributed by atoms with E-state index in [9.17, 15) is 0 Å². The molecule has 0 heterocycles. The SMILES string of the molecule is CCCNCC(C)(C)Oc1c(C)cc(Cl)cc1C. The number of nitrogens with one attached hydrogen (secondary N) is 1. The Balaban J connectivity index is 2.77. The van der Waals surface area contributed by atoms with Crippen LogP contribution in [0.1, 0.15) is 38.3 Å². The van der Waals surface area contributed by atoms with Crippen LogP contribution in [0.2, 0.25) is 5.02 Å². The van der Waals surface area contributed by atoms with Crippen molar-refractivity contribution in [2.45, 2.75) is 46.6 Å². The summed E-state index contributed by atoms with van der Waals surface area (Å²) in [6, 6.07) is 3.89. The molecule has 0 saturated heterocycles. The van der Waals surface area contributed by atoms with Gasteiger partial charge >= 0.3 is 0 Å². The van der Waals surface area contributed by atoms with Gasteiger partial charge in [0.2, 0.25) is 0 Å². The maximum atomic E-state index is 6.14. The van der Waals surface area contributed by atoms with Crippen LogP contribution in [0.4, 0.5) is 0 Å². The zero-order chi connectivity index (χ0) is 13.8. The van der Waals surface area contributed by atoms with Crippen LogP contribution in [-0.2, 0) is 0 Å². The van der Waals surface area contributed by atoms with Gasteiger partial charge in [0.05, 0.1) is 0 Å². The molecule has 0 fully saturated rings. The minimum Gasteiger partial charge on any atom is -0.486 e. The molecule has 0 aliphatic rings. The van der Waals surface area contributed by atoms with Crippen LogP contribution in [0.15, 0.2) is 12.1 Å². The fourth-order valence-corrected chi connectivity index (χ4v) is 2.26. The minimum absolute atomic E-state index is 0.224. The number of hydrogen-bond donors (Lipinski definition) is 1. The monoisotopic (exact) mass is 269 g/mol. The Morgan fingerprint density at radius 3 is 2.28 bits per heavy atom. The van der Waals surface area contributed by atoms with Gasteiger partial charge in [-0.15, -0.1) is 0 Å². The third-order valence-corrected chi connectivity index (χ3v) is 3.00. The van der Waals surface area contributed by atoms with Gasteiger partial charge in [-0.2, -0.15) is 0 Å². The van der Waals surface area contributed by atoms with Crippen LogP contribution >= 0.6 is 11.6 Å². The molecule has 0 aromatic heterocycles. The van der Waals surface area contributed by atoms with Gasteiger partial charge in [-0.05, 0) is 63.9 Å². The van der Waals surface area contributed by atoms with Crippen molar-refractivity contribution in [1.82, 2.24) is 5.32 Å². The summed E-state index contributed by atoms with van der Waals surface area (Å²) in [5.41, 5.74) is 1.95. The first kappa shape index (κ1) is 15.3. The lowest BCUT2D eigenvalue weighted by Gasteiger charge is -2.29. The molecule has 1 N–H and O–H groups in total. The van der Waals surface area contributed by atoms with Gasteiger partial charge in [-0.1, -0.05) is 18.5 Å². The zero-order valence-electron chi connectivity index (χ0n) is 12.1. The molecule has 1 aromatic carbocycles. The Morgan fingerprint density at radius 1 is 1.22 bits per heavy atom. The second-order valence-corrected chi connectivity index (χ2v) is 5.84. The molecule has 0 radical (unpaired) electrons. The molecule has 1 aromatic rings. The average Bonchev–Trinajstić information content (AvgIpc) is 2.23. The van der Waals surface area contributed by atoms with E-state index < -0.39 is 0 Å². The van der Waals surface area contributed by atoms with Crippen LogP contribution in [0.5, 0.6) is 5.75 Å². The van der Waals surface area contributed by atoms with E-state index in [4.69, 9.17) is 16.3 Å². The number of benzene rings is 1. The number of halogens is 1. The van der Waals surface area contributed by atoms with Gasteiger partial charge < -0.3 is 10.1 Å². The fourth-order valence-electron chi connectivity index (χ4n) is 1.94. The van der Waals surface area contributed by atoms with Crippen molar-refractivity contribution in [3.63, 3.8) is 0 Å². The molecule has 2 nitrogen and oxygen atoms in total. The molecule has 0 unspecified atom stereocenters. The first-order valence-electron chi connectivity index (χ1n) is 6.52. The van der Waals surface area contributed by atoms with E-state index in [-0.39, 0.29) is 5.60 Å². The molecule has 0 spiro atoms. The van der Waals surface area contributed by atoms with Crippen LogP contribution in [0.25, 0.3) is 0 Å². The normalized spacial score (nSPS) is 11.7. The van der Waals surface area contributed by atoms with Crippen LogP contribution in [0, 0.1) is 13.8 Å². The van der Waals surface area contributed by atoms with Gasteiger partial charge in [-0.3, -0.25) is 0 Å². The Morgan fingerprint density at radius 2 is 1.78 bits per heavy atom. The molecule has 102 valence electrons. The molecule has 3 heteroatoms. The van der Waals surface area contributed by atoms with E-state index in [2.05, 4.69) is 26.1 Å². The van der Waals surface area contributed by atoms with Crippen LogP contribution < -0.4 is 10.1 Å². The van der Waals surface area contributed by atoms with E-state index in [1.807, 2.05) is 26.0 Å². The van der Waals surface area contributed by atoms with E-state index in [0.29, 0.717) is 0 Å². The highest BCUT2D eigenvalue weighted by atomic mass is 35.5. The molecule has 0 bridgehead atoms. The van der Waals surface area contributed by atoms with Crippen molar-refractivity contribution in [3.05, 3.63) is 28.3 Å². The third-order valence-electron chi connectivity index (χ3n) is 2.78. The summed E-state index contributed by atoms with van der Waals surface area (Å²) < 4.78 is 6.14. The summed E-state index contributed by atoms with van der Waals surface area (Å²) in [5, 5.41) is 4.16. The van der Waals surface area contributed by atoms with Crippen molar-refractivity contribution in [3.8, 4) is 5.75 Å². The van der Waals surface area contributed by atoms with Gasteiger partial charge in [-0.25, -0.2) is 0 Å². The fraction of sp³-hybridized carbons (Fsp3) is 0.600. The van der Waals surface area contributed by atoms with E-state index in [1.165, 1.54) is 0 Å². The smallest absolute Gasteiger partial charge is 0.126 e. The minimum atomic E-state index is -0.224. The van der Waals surface area contributed by atoms with Gasteiger partial charge in [0.25, 0.3) is 0 Å². The predicted molar refractivity (Wildman–Crippen MR) is 78.8 cm³/mol. The Bertz CT molecular complexity index is 378. The van der Waals surface area contributed by atoms with Gasteiger partial charge in [0, 0.05) is 11.6 Å². The highest BCUT2D eigenvalue weighted by Crippen LogP contribution is 2.29. The lowest BCUT2D eigenvalue weighted by Crippen LogP contribution is -2.40. The van der Waals surface area contributed by atoms with Crippen molar-refractivity contribution < 1.29 is 4.74 Å². The summed E-state index contributed by atoms with van der Waals surface area (Å²) >= 11 is 6.03. The molecule has 0 aliphatic carbocycles. The van der Waals surface area contributed by atoms with E-state index in [1.54, 1.807) is 0 Å². The lowest BCUT2D eigenvalue weighted by molar-refractivity contribution is 0.106. The number of hydrogen-bond acceptors (Lipinski definition) is 2. The molecule has 0 atom stereocenters. The Labute approximate surface area is 116 Å². The van der Waals surface area contributed by atoms with Gasteiger partial charge in [0.15, 0.2) is 0 Å². The van der Waals surface area contributed by atoms with E-state index >= 15 is 0 Å². The van der Waals surface area contributed by atoms with Crippen molar-refractivity contribution in [2.75, 3.05) is 13.1 Å². The Hall–Kier alpha value is -0.730. The summed E-state index contributed by atoms with van der Waals surface area (Å²) in [6.07, 6.45) is 1.13. The summed E-state index contributed by atoms with van der Waals surface area (Å²) in [6.45, 7) is 12.3. The quantitative estimate of drug-likeness (QED) is 0.785. The topological polar surface area (TPSA) is 21.3 Å². The highest BCUT2D eigenvalue weighted by molar-refractivity contribution is 6.30. The van der Waals surface area contributed by atoms with Crippen molar-refractivity contribution >= 4 is 11.6 Å². The third kappa shape index (κ3) is 4.51. The van der Waals surface area contributed by atoms with Crippen LogP contribution in [-0.4, -0.2) is 18.7 Å². The van der Waals surface area contributed by atoms with Crippen LogP contribution in [0.3, 0.4) is 0 Å². The molecule has 0 aliphatic heterocycles. The number of ether oxygens (including phenoxy) is 1. The maximum absolute atomic E-state index is 6.14. The average molecular weight is 270 g/mol. The summed E-state index contributed by atoms with van der Waals surface area (Å²) in [5.74, 6) is 0.947. The molecule has 1 rings (SSSR count). The van der Waals surface area contributed by atoms with E-state index in [0.717, 1.165) is 41.4 Å². The van der Waals surface area contributed by atoms with Crippen molar-refractivity contribution in [2.24, 2.45) is 0 Å². The van der Waals surface area contributed by atoms with Gasteiger partial charge in [0.1, 0.15) is 11.4 Å². The second kappa shape index (κ2) is 6.44. The largest absolute Gasteiger partial charge is 0.486 e. The maximum Gasteiger partial charge on any atom is 0.126 e. The second-order valence-electron chi connectivity index (χ2n) is 5.41. The molecule has 0 amide bonds. The molecule has 0 saturated carbocycles. The highest BCUT2D eigenvalue weighted by Gasteiger charge is 2.21. The molecular formula is C15H24ClNO.